The first kappa shape index (κ1) is 24.6. The summed E-state index contributed by atoms with van der Waals surface area (Å²) in [7, 11) is -9.96. The van der Waals surface area contributed by atoms with E-state index in [4.69, 9.17) is 11.6 Å². The number of hydrogen-bond donors (Lipinski definition) is 0. The Bertz CT molecular complexity index is 1210. The van der Waals surface area contributed by atoms with Gasteiger partial charge in [-0.05, 0) is 36.4 Å². The Balaban J connectivity index is 2.56. The second-order valence-corrected chi connectivity index (χ2v) is 9.77. The molecule has 0 unspecified atom stereocenters. The lowest BCUT2D eigenvalue weighted by atomic mass is 10.0. The van der Waals surface area contributed by atoms with Gasteiger partial charge in [-0.2, -0.15) is 26.7 Å². The molecule has 0 aliphatic carbocycles. The van der Waals surface area contributed by atoms with Crippen LogP contribution in [0.3, 0.4) is 0 Å². The first-order chi connectivity index (χ1) is 14.1. The van der Waals surface area contributed by atoms with Crippen molar-refractivity contribution >= 4 is 43.4 Å². The zero-order chi connectivity index (χ0) is 23.6. The number of hydrazone groups is 1. The molecule has 168 valence electrons. The van der Waals surface area contributed by atoms with E-state index in [1.54, 1.807) is 0 Å². The zero-order valence-electron chi connectivity index (χ0n) is 15.8. The number of hydrogen-bond acceptors (Lipinski definition) is 7. The van der Waals surface area contributed by atoms with Gasteiger partial charge < -0.3 is 4.18 Å². The van der Waals surface area contributed by atoms with Crippen molar-refractivity contribution in [1.29, 1.82) is 0 Å². The average Bonchev–Trinajstić information content (AvgIpc) is 2.62. The fourth-order valence-electron chi connectivity index (χ4n) is 2.20. The van der Waals surface area contributed by atoms with E-state index in [-0.39, 0.29) is 15.7 Å². The van der Waals surface area contributed by atoms with E-state index in [9.17, 15) is 34.8 Å². The van der Waals surface area contributed by atoms with E-state index in [2.05, 4.69) is 9.28 Å². The highest BCUT2D eigenvalue weighted by Gasteiger charge is 2.48. The summed E-state index contributed by atoms with van der Waals surface area (Å²) in [6, 6.07) is 10.0. The molecule has 0 aliphatic rings. The van der Waals surface area contributed by atoms with Crippen molar-refractivity contribution in [2.24, 2.45) is 5.10 Å². The van der Waals surface area contributed by atoms with Crippen molar-refractivity contribution in [1.82, 2.24) is 4.41 Å². The molecule has 0 radical (unpaired) electrons. The summed E-state index contributed by atoms with van der Waals surface area (Å²) in [5, 5.41) is 4.25. The van der Waals surface area contributed by atoms with Gasteiger partial charge in [-0.25, -0.2) is 8.42 Å². The van der Waals surface area contributed by atoms with E-state index in [1.165, 1.54) is 24.3 Å². The van der Waals surface area contributed by atoms with Crippen molar-refractivity contribution in [2.45, 2.75) is 12.4 Å². The molecule has 14 heteroatoms. The van der Waals surface area contributed by atoms with Crippen LogP contribution in [0.15, 0.2) is 53.6 Å². The number of rotatable bonds is 6. The van der Waals surface area contributed by atoms with Gasteiger partial charge in [0.15, 0.2) is 0 Å². The summed E-state index contributed by atoms with van der Waals surface area (Å²) in [5.41, 5.74) is -5.20. The third kappa shape index (κ3) is 6.18. The molecular weight excluding hydrogens is 485 g/mol. The lowest BCUT2D eigenvalue weighted by molar-refractivity contribution is -0.124. The number of halogens is 4. The molecule has 2 rings (SSSR count). The van der Waals surface area contributed by atoms with Crippen LogP contribution in [0.5, 0.6) is 5.75 Å². The summed E-state index contributed by atoms with van der Waals surface area (Å²) < 4.78 is 87.8. The van der Waals surface area contributed by atoms with Gasteiger partial charge in [0.2, 0.25) is 0 Å². The molecule has 0 saturated heterocycles. The molecule has 31 heavy (non-hydrogen) atoms. The van der Waals surface area contributed by atoms with Gasteiger partial charge in [0.25, 0.3) is 15.9 Å². The maximum absolute atomic E-state index is 12.5. The van der Waals surface area contributed by atoms with Crippen LogP contribution in [-0.2, 0) is 24.9 Å². The average molecular weight is 499 g/mol. The van der Waals surface area contributed by atoms with Crippen LogP contribution in [0.4, 0.5) is 13.2 Å². The second kappa shape index (κ2) is 8.85. The number of carbonyl (C=O) groups excluding carboxylic acids is 1. The maximum Gasteiger partial charge on any atom is 0.534 e. The van der Waals surface area contributed by atoms with E-state index in [1.807, 2.05) is 0 Å². The molecule has 2 aromatic rings. The van der Waals surface area contributed by atoms with Crippen LogP contribution in [0.1, 0.15) is 18.1 Å². The third-order valence-corrected chi connectivity index (χ3v) is 5.71. The van der Waals surface area contributed by atoms with E-state index in [0.29, 0.717) is 10.6 Å². The second-order valence-electron chi connectivity index (χ2n) is 5.99. The fourth-order valence-corrected chi connectivity index (χ4v) is 3.48. The van der Waals surface area contributed by atoms with Crippen LogP contribution in [0.2, 0.25) is 5.02 Å². The smallest absolute Gasteiger partial charge is 0.376 e. The first-order valence-electron chi connectivity index (χ1n) is 8.08. The summed E-state index contributed by atoms with van der Waals surface area (Å²) in [5.74, 6) is -1.55. The summed E-state index contributed by atoms with van der Waals surface area (Å²) >= 11 is 5.84. The Morgan fingerprint density at radius 2 is 1.42 bits per heavy atom. The summed E-state index contributed by atoms with van der Waals surface area (Å²) in [6.45, 7) is 0.975. The fraction of sp³-hybridized carbons (Fsp3) is 0.176. The van der Waals surface area contributed by atoms with Crippen LogP contribution in [-0.4, -0.2) is 44.6 Å². The largest absolute Gasteiger partial charge is 0.534 e. The molecule has 8 nitrogen and oxygen atoms in total. The van der Waals surface area contributed by atoms with Crippen molar-refractivity contribution in [3.63, 3.8) is 0 Å². The van der Waals surface area contributed by atoms with Crippen molar-refractivity contribution in [3.8, 4) is 5.75 Å². The normalized spacial score (nSPS) is 13.0. The molecule has 1 amide bonds. The van der Waals surface area contributed by atoms with Crippen molar-refractivity contribution in [3.05, 3.63) is 64.7 Å². The van der Waals surface area contributed by atoms with Gasteiger partial charge in [0.05, 0.1) is 12.0 Å². The molecule has 0 N–H and O–H groups in total. The van der Waals surface area contributed by atoms with Crippen LogP contribution < -0.4 is 4.18 Å². The Morgan fingerprint density at radius 3 is 1.81 bits per heavy atom. The number of benzene rings is 2. The SMILES string of the molecule is CC(=O)N(N=C(c1ccc(Cl)cc1)c1ccc(OS(=O)(=O)C(F)(F)F)cc1)S(C)(=O)=O. The summed E-state index contributed by atoms with van der Waals surface area (Å²) in [4.78, 5) is 11.8. The summed E-state index contributed by atoms with van der Waals surface area (Å²) in [6.07, 6.45) is 0.760. The molecule has 0 aromatic heterocycles. The van der Waals surface area contributed by atoms with Gasteiger partial charge in [-0.15, -0.1) is 4.41 Å². The monoisotopic (exact) mass is 498 g/mol. The third-order valence-electron chi connectivity index (χ3n) is 3.51. The molecule has 0 saturated carbocycles. The maximum atomic E-state index is 12.5. The predicted molar refractivity (Wildman–Crippen MR) is 106 cm³/mol. The van der Waals surface area contributed by atoms with Crippen molar-refractivity contribution in [2.75, 3.05) is 6.26 Å². The van der Waals surface area contributed by atoms with Gasteiger partial charge in [-0.3, -0.25) is 4.79 Å². The first-order valence-corrected chi connectivity index (χ1v) is 11.7. The van der Waals surface area contributed by atoms with E-state index < -0.39 is 37.3 Å². The molecule has 0 bridgehead atoms. The van der Waals surface area contributed by atoms with Crippen LogP contribution in [0, 0.1) is 0 Å². The van der Waals surface area contributed by atoms with Crippen LogP contribution in [0.25, 0.3) is 0 Å². The zero-order valence-corrected chi connectivity index (χ0v) is 18.2. The highest BCUT2D eigenvalue weighted by Crippen LogP contribution is 2.27. The topological polar surface area (TPSA) is 110 Å². The van der Waals surface area contributed by atoms with Gasteiger partial charge in [-0.1, -0.05) is 23.7 Å². The molecule has 0 aliphatic heterocycles. The van der Waals surface area contributed by atoms with E-state index >= 15 is 0 Å². The Labute approximate surface area is 181 Å². The number of nitrogens with zero attached hydrogens (tertiary/aromatic N) is 2. The number of sulfonamides is 1. The Morgan fingerprint density at radius 1 is 0.968 bits per heavy atom. The van der Waals surface area contributed by atoms with Crippen LogP contribution >= 0.6 is 11.6 Å². The lowest BCUT2D eigenvalue weighted by Crippen LogP contribution is -2.31. The highest BCUT2D eigenvalue weighted by molar-refractivity contribution is 7.88. The molecule has 0 atom stereocenters. The van der Waals surface area contributed by atoms with Gasteiger partial charge >= 0.3 is 15.6 Å². The lowest BCUT2D eigenvalue weighted by Gasteiger charge is -2.16. The number of carbonyl (C=O) groups is 1. The predicted octanol–water partition coefficient (Wildman–Crippen LogP) is 3.13. The van der Waals surface area contributed by atoms with E-state index in [0.717, 1.165) is 37.4 Å². The molecule has 0 heterocycles. The van der Waals surface area contributed by atoms with Gasteiger partial charge in [0.1, 0.15) is 5.75 Å². The minimum Gasteiger partial charge on any atom is -0.376 e. The molecule has 0 fully saturated rings. The standard InChI is InChI=1S/C17H14ClF3N2O6S2/c1-11(24)23(30(2,25)26)22-16(12-3-7-14(18)8-4-12)13-5-9-15(10-6-13)29-31(27,28)17(19,20)21/h3-10H,1-2H3. The quantitative estimate of drug-likeness (QED) is 0.262. The highest BCUT2D eigenvalue weighted by atomic mass is 35.5. The number of alkyl halides is 3. The Hall–Kier alpha value is -2.64. The molecule has 0 spiro atoms. The van der Waals surface area contributed by atoms with Gasteiger partial charge in [0, 0.05) is 23.1 Å². The Kier molecular flexibility index (Phi) is 7.03. The molecule has 2 aromatic carbocycles. The van der Waals surface area contributed by atoms with Crippen molar-refractivity contribution < 1.29 is 39.0 Å². The minimum absolute atomic E-state index is 0.0532. The molecular formula is C17H14ClF3N2O6S2. The number of amides is 1. The minimum atomic E-state index is -5.87.